The normalized spacial score (nSPS) is 26.3. The molecule has 0 amide bonds. The Labute approximate surface area is 171 Å². The van der Waals surface area contributed by atoms with E-state index in [1.54, 1.807) is 12.1 Å². The van der Waals surface area contributed by atoms with Gasteiger partial charge in [0.1, 0.15) is 6.07 Å². The molecule has 28 heavy (non-hydrogen) atoms. The van der Waals surface area contributed by atoms with Gasteiger partial charge in [-0.1, -0.05) is 50.6 Å². The van der Waals surface area contributed by atoms with Crippen LogP contribution in [0.5, 0.6) is 0 Å². The summed E-state index contributed by atoms with van der Waals surface area (Å²) < 4.78 is 0. The average molecular weight is 391 g/mol. The van der Waals surface area contributed by atoms with Gasteiger partial charge in [-0.2, -0.15) is 15.8 Å². The average Bonchev–Trinajstić information content (AvgIpc) is 2.66. The molecule has 0 bridgehead atoms. The van der Waals surface area contributed by atoms with E-state index >= 15 is 0 Å². The quantitative estimate of drug-likeness (QED) is 0.711. The van der Waals surface area contributed by atoms with E-state index < -0.39 is 11.3 Å². The van der Waals surface area contributed by atoms with Gasteiger partial charge in [0.05, 0.1) is 23.4 Å². The van der Waals surface area contributed by atoms with E-state index in [0.717, 1.165) is 24.0 Å². The number of allylic oxidation sites excluding steroid dienone is 4. The molecular formula is C23H23ClN4. The zero-order chi connectivity index (χ0) is 20.7. The Balaban J connectivity index is 2.31. The van der Waals surface area contributed by atoms with Crippen LogP contribution in [0.4, 0.5) is 0 Å². The largest absolute Gasteiger partial charge is 0.399 e. The molecule has 3 atom stereocenters. The number of fused-ring (bicyclic) bond motifs is 1. The van der Waals surface area contributed by atoms with Gasteiger partial charge in [0, 0.05) is 10.9 Å². The predicted octanol–water partition coefficient (Wildman–Crippen LogP) is 5.21. The van der Waals surface area contributed by atoms with Crippen molar-refractivity contribution in [2.24, 2.45) is 28.4 Å². The van der Waals surface area contributed by atoms with Crippen LogP contribution < -0.4 is 5.73 Å². The van der Waals surface area contributed by atoms with E-state index in [0.29, 0.717) is 16.5 Å². The van der Waals surface area contributed by atoms with Crippen molar-refractivity contribution in [3.8, 4) is 18.2 Å². The third kappa shape index (κ3) is 2.97. The fourth-order valence-corrected chi connectivity index (χ4v) is 4.87. The molecule has 0 aliphatic heterocycles. The standard InChI is InChI=1S/C23H23ClN4/c1-22(2,3)15-7-8-17-18(10-15)20(14-5-4-6-16(24)9-14)23(12-26,13-27)21(28)19(17)11-25/h4-6,8-9,15,18,20H,7,10,28H2,1-3H3/t15-,18-,20-/m1/s1. The monoisotopic (exact) mass is 390 g/mol. The third-order valence-electron chi connectivity index (χ3n) is 6.31. The Morgan fingerprint density at radius 3 is 2.39 bits per heavy atom. The van der Waals surface area contributed by atoms with Crippen molar-refractivity contribution in [1.82, 2.24) is 0 Å². The van der Waals surface area contributed by atoms with Crippen LogP contribution in [0.2, 0.25) is 5.02 Å². The Hall–Kier alpha value is -2.74. The van der Waals surface area contributed by atoms with E-state index in [1.165, 1.54) is 0 Å². The first-order valence-electron chi connectivity index (χ1n) is 9.38. The fourth-order valence-electron chi connectivity index (χ4n) is 4.67. The van der Waals surface area contributed by atoms with Crippen molar-refractivity contribution in [3.05, 3.63) is 57.8 Å². The highest BCUT2D eigenvalue weighted by molar-refractivity contribution is 6.30. The zero-order valence-electron chi connectivity index (χ0n) is 16.3. The maximum absolute atomic E-state index is 10.1. The summed E-state index contributed by atoms with van der Waals surface area (Å²) in [7, 11) is 0. The summed E-state index contributed by atoms with van der Waals surface area (Å²) in [4.78, 5) is 0. The van der Waals surface area contributed by atoms with E-state index in [-0.39, 0.29) is 17.0 Å². The summed E-state index contributed by atoms with van der Waals surface area (Å²) in [6.45, 7) is 6.60. The van der Waals surface area contributed by atoms with Gasteiger partial charge in [-0.05, 0) is 53.4 Å². The van der Waals surface area contributed by atoms with Crippen LogP contribution in [-0.4, -0.2) is 0 Å². The number of hydrogen-bond acceptors (Lipinski definition) is 4. The maximum Gasteiger partial charge on any atom is 0.191 e. The van der Waals surface area contributed by atoms with Crippen molar-refractivity contribution in [1.29, 1.82) is 15.8 Å². The van der Waals surface area contributed by atoms with Gasteiger partial charge < -0.3 is 5.73 Å². The van der Waals surface area contributed by atoms with Gasteiger partial charge in [0.15, 0.2) is 5.41 Å². The van der Waals surface area contributed by atoms with Crippen molar-refractivity contribution >= 4 is 11.6 Å². The molecule has 0 saturated carbocycles. The molecule has 0 radical (unpaired) electrons. The zero-order valence-corrected chi connectivity index (χ0v) is 17.1. The molecule has 0 fully saturated rings. The molecule has 0 spiro atoms. The molecule has 0 heterocycles. The Morgan fingerprint density at radius 2 is 1.86 bits per heavy atom. The first-order valence-corrected chi connectivity index (χ1v) is 9.76. The summed E-state index contributed by atoms with van der Waals surface area (Å²) in [5.41, 5.74) is 6.81. The lowest BCUT2D eigenvalue weighted by molar-refractivity contribution is 0.170. The predicted molar refractivity (Wildman–Crippen MR) is 108 cm³/mol. The minimum absolute atomic E-state index is 0.0571. The van der Waals surface area contributed by atoms with Crippen LogP contribution in [0, 0.1) is 56.7 Å². The number of nitrogens with zero attached hydrogens (tertiary/aromatic N) is 3. The molecule has 0 saturated heterocycles. The van der Waals surface area contributed by atoms with Crippen LogP contribution in [0.3, 0.4) is 0 Å². The molecule has 0 unspecified atom stereocenters. The fraction of sp³-hybridized carbons (Fsp3) is 0.435. The van der Waals surface area contributed by atoms with Crippen molar-refractivity contribution < 1.29 is 0 Å². The number of hydrogen-bond donors (Lipinski definition) is 1. The number of benzene rings is 1. The molecule has 2 aliphatic carbocycles. The molecule has 1 aromatic carbocycles. The lowest BCUT2D eigenvalue weighted by atomic mass is 9.54. The Morgan fingerprint density at radius 1 is 1.18 bits per heavy atom. The lowest BCUT2D eigenvalue weighted by Gasteiger charge is -2.47. The van der Waals surface area contributed by atoms with Crippen LogP contribution >= 0.6 is 11.6 Å². The number of nitrogens with two attached hydrogens (primary N) is 1. The maximum atomic E-state index is 10.1. The van der Waals surface area contributed by atoms with Gasteiger partial charge in [-0.25, -0.2) is 0 Å². The van der Waals surface area contributed by atoms with E-state index in [1.807, 2.05) is 12.1 Å². The molecular weight excluding hydrogens is 368 g/mol. The Bertz CT molecular complexity index is 977. The molecule has 1 aromatic rings. The molecule has 2 N–H and O–H groups in total. The van der Waals surface area contributed by atoms with E-state index in [2.05, 4.69) is 45.1 Å². The van der Waals surface area contributed by atoms with Gasteiger partial charge in [0.25, 0.3) is 0 Å². The van der Waals surface area contributed by atoms with Crippen LogP contribution in [-0.2, 0) is 0 Å². The van der Waals surface area contributed by atoms with Gasteiger partial charge in [0.2, 0.25) is 0 Å². The third-order valence-corrected chi connectivity index (χ3v) is 6.54. The van der Waals surface area contributed by atoms with Crippen molar-refractivity contribution in [2.45, 2.75) is 39.5 Å². The SMILES string of the molecule is CC(C)(C)[C@@H]1CC=C2C(C#N)=C(N)C(C#N)(C#N)[C@H](c3cccc(Cl)c3)[C@@H]2C1. The number of nitriles is 3. The summed E-state index contributed by atoms with van der Waals surface area (Å²) in [6, 6.07) is 13.8. The van der Waals surface area contributed by atoms with Gasteiger partial charge in [-0.3, -0.25) is 0 Å². The molecule has 4 nitrogen and oxygen atoms in total. The molecule has 142 valence electrons. The molecule has 2 aliphatic rings. The minimum atomic E-state index is -1.60. The Kier molecular flexibility index (Phi) is 5.01. The second-order valence-electron chi connectivity index (χ2n) is 8.77. The van der Waals surface area contributed by atoms with Crippen molar-refractivity contribution in [3.63, 3.8) is 0 Å². The van der Waals surface area contributed by atoms with Crippen LogP contribution in [0.25, 0.3) is 0 Å². The van der Waals surface area contributed by atoms with Gasteiger partial charge in [-0.15, -0.1) is 0 Å². The van der Waals surface area contributed by atoms with Crippen LogP contribution in [0.15, 0.2) is 47.2 Å². The summed E-state index contributed by atoms with van der Waals surface area (Å²) in [5, 5.41) is 30.5. The molecule has 0 aromatic heterocycles. The minimum Gasteiger partial charge on any atom is -0.399 e. The molecule has 3 rings (SSSR count). The van der Waals surface area contributed by atoms with Crippen LogP contribution in [0.1, 0.15) is 45.1 Å². The molecule has 5 heteroatoms. The smallest absolute Gasteiger partial charge is 0.191 e. The number of halogens is 1. The second-order valence-corrected chi connectivity index (χ2v) is 9.20. The van der Waals surface area contributed by atoms with E-state index in [9.17, 15) is 15.8 Å². The second kappa shape index (κ2) is 7.01. The summed E-state index contributed by atoms with van der Waals surface area (Å²) >= 11 is 6.24. The highest BCUT2D eigenvalue weighted by atomic mass is 35.5. The first-order chi connectivity index (χ1) is 13.2. The highest BCUT2D eigenvalue weighted by Crippen LogP contribution is 2.58. The summed E-state index contributed by atoms with van der Waals surface area (Å²) in [5.74, 6) is -0.246. The van der Waals surface area contributed by atoms with E-state index in [4.69, 9.17) is 17.3 Å². The lowest BCUT2D eigenvalue weighted by Crippen LogP contribution is -2.44. The topological polar surface area (TPSA) is 97.4 Å². The number of rotatable bonds is 1. The van der Waals surface area contributed by atoms with Gasteiger partial charge >= 0.3 is 0 Å². The summed E-state index contributed by atoms with van der Waals surface area (Å²) in [6.07, 6.45) is 3.73. The van der Waals surface area contributed by atoms with Crippen molar-refractivity contribution in [2.75, 3.05) is 0 Å². The highest BCUT2D eigenvalue weighted by Gasteiger charge is 2.55. The first kappa shape index (κ1) is 20.0.